The number of amides is 1. The molecule has 3 rings (SSSR count). The molecule has 126 valence electrons. The second-order valence-electron chi connectivity index (χ2n) is 4.80. The van der Waals surface area contributed by atoms with E-state index in [-0.39, 0.29) is 10.9 Å². The zero-order chi connectivity index (χ0) is 17.8. The van der Waals surface area contributed by atoms with Crippen molar-refractivity contribution in [3.8, 4) is 11.3 Å². The quantitative estimate of drug-likeness (QED) is 0.339. The number of nitrogens with one attached hydrogen (secondary N) is 1. The third kappa shape index (κ3) is 4.59. The summed E-state index contributed by atoms with van der Waals surface area (Å²) < 4.78 is 0.985. The number of carbonyl (C=O) groups is 1. The van der Waals surface area contributed by atoms with Crippen molar-refractivity contribution in [1.82, 2.24) is 4.98 Å². The number of thiazole rings is 1. The van der Waals surface area contributed by atoms with Gasteiger partial charge in [0, 0.05) is 32.4 Å². The molecular weight excluding hydrogens is 426 g/mol. The van der Waals surface area contributed by atoms with Crippen LogP contribution in [0.1, 0.15) is 4.88 Å². The van der Waals surface area contributed by atoms with Crippen molar-refractivity contribution in [3.63, 3.8) is 0 Å². The largest absolute Gasteiger partial charge is 0.324 e. The molecule has 0 aliphatic carbocycles. The normalized spacial score (nSPS) is 10.9. The van der Waals surface area contributed by atoms with Gasteiger partial charge in [-0.3, -0.25) is 20.2 Å². The van der Waals surface area contributed by atoms with Gasteiger partial charge < -0.3 is 0 Å². The van der Waals surface area contributed by atoms with E-state index in [9.17, 15) is 14.9 Å². The van der Waals surface area contributed by atoms with Crippen LogP contribution in [0.3, 0.4) is 0 Å². The Labute approximate surface area is 159 Å². The summed E-state index contributed by atoms with van der Waals surface area (Å²) in [5.74, 6) is -0.340. The summed E-state index contributed by atoms with van der Waals surface area (Å²) in [4.78, 5) is 27.1. The monoisotopic (exact) mass is 435 g/mol. The van der Waals surface area contributed by atoms with Crippen molar-refractivity contribution < 1.29 is 9.72 Å². The minimum absolute atomic E-state index is 0.0409. The maximum atomic E-state index is 12.0. The molecule has 0 atom stereocenters. The number of aromatic nitrogens is 1. The van der Waals surface area contributed by atoms with Gasteiger partial charge in [-0.15, -0.1) is 11.3 Å². The summed E-state index contributed by atoms with van der Waals surface area (Å²) in [6, 6.07) is 10.7. The summed E-state index contributed by atoms with van der Waals surface area (Å²) in [6.07, 6.45) is 2.87. The Morgan fingerprint density at radius 2 is 2.00 bits per heavy atom. The number of carbonyl (C=O) groups excluding carboxylic acids is 1. The Hall–Kier alpha value is -2.36. The Morgan fingerprint density at radius 3 is 2.68 bits per heavy atom. The second-order valence-corrected chi connectivity index (χ2v) is 7.67. The van der Waals surface area contributed by atoms with Crippen LogP contribution in [0.4, 0.5) is 10.1 Å². The number of halogens is 1. The molecule has 0 fully saturated rings. The van der Waals surface area contributed by atoms with Gasteiger partial charge in [-0.25, -0.2) is 4.98 Å². The minimum Gasteiger partial charge on any atom is -0.298 e. The first kappa shape index (κ1) is 17.5. The highest BCUT2D eigenvalue weighted by Crippen LogP contribution is 2.27. The van der Waals surface area contributed by atoms with Gasteiger partial charge in [-0.2, -0.15) is 0 Å². The van der Waals surface area contributed by atoms with E-state index in [0.717, 1.165) is 27.1 Å². The van der Waals surface area contributed by atoms with Crippen LogP contribution < -0.4 is 5.32 Å². The molecule has 1 aromatic carbocycles. The number of nitrogens with zero attached hydrogens (tertiary/aromatic N) is 2. The maximum Gasteiger partial charge on any atom is 0.324 e. The Morgan fingerprint density at radius 1 is 1.24 bits per heavy atom. The molecule has 0 radical (unpaired) electrons. The van der Waals surface area contributed by atoms with Crippen LogP contribution in [0.15, 0.2) is 52.3 Å². The Balaban J connectivity index is 1.64. The van der Waals surface area contributed by atoms with E-state index in [1.165, 1.54) is 29.6 Å². The number of hydrogen-bond acceptors (Lipinski definition) is 6. The van der Waals surface area contributed by atoms with E-state index >= 15 is 0 Å². The molecule has 1 amide bonds. The lowest BCUT2D eigenvalue weighted by molar-refractivity contribution is -0.380. The van der Waals surface area contributed by atoms with E-state index in [4.69, 9.17) is 0 Å². The van der Waals surface area contributed by atoms with Crippen LogP contribution >= 0.6 is 38.6 Å². The topological polar surface area (TPSA) is 85.1 Å². The van der Waals surface area contributed by atoms with Crippen molar-refractivity contribution in [1.29, 1.82) is 0 Å². The van der Waals surface area contributed by atoms with Gasteiger partial charge in [0.05, 0.1) is 10.6 Å². The van der Waals surface area contributed by atoms with Crippen LogP contribution in [-0.2, 0) is 4.79 Å². The highest BCUT2D eigenvalue weighted by molar-refractivity contribution is 9.10. The van der Waals surface area contributed by atoms with E-state index in [0.29, 0.717) is 10.0 Å². The highest BCUT2D eigenvalue weighted by Gasteiger charge is 2.09. The molecule has 9 heteroatoms. The van der Waals surface area contributed by atoms with Gasteiger partial charge >= 0.3 is 5.00 Å². The molecule has 0 unspecified atom stereocenters. The molecule has 0 aliphatic heterocycles. The van der Waals surface area contributed by atoms with Gasteiger partial charge in [0.2, 0.25) is 5.91 Å². The molecule has 2 heterocycles. The first-order chi connectivity index (χ1) is 12.0. The predicted octanol–water partition coefficient (Wildman–Crippen LogP) is 5.19. The molecule has 0 saturated carbocycles. The Bertz CT molecular complexity index is 948. The van der Waals surface area contributed by atoms with Gasteiger partial charge in [-0.1, -0.05) is 39.4 Å². The number of anilines is 1. The van der Waals surface area contributed by atoms with Gasteiger partial charge in [0.25, 0.3) is 0 Å². The van der Waals surface area contributed by atoms with E-state index in [2.05, 4.69) is 26.2 Å². The fraction of sp³-hybridized carbons (Fsp3) is 0. The minimum atomic E-state index is -0.457. The van der Waals surface area contributed by atoms with Crippen LogP contribution in [0, 0.1) is 10.1 Å². The zero-order valence-electron chi connectivity index (χ0n) is 12.5. The summed E-state index contributed by atoms with van der Waals surface area (Å²) in [5, 5.41) is 15.7. The fourth-order valence-electron chi connectivity index (χ4n) is 1.92. The average molecular weight is 436 g/mol. The lowest BCUT2D eigenvalue weighted by Crippen LogP contribution is -2.07. The number of benzene rings is 1. The van der Waals surface area contributed by atoms with Crippen molar-refractivity contribution >= 4 is 60.7 Å². The van der Waals surface area contributed by atoms with E-state index in [1.807, 2.05) is 29.6 Å². The highest BCUT2D eigenvalue weighted by atomic mass is 79.9. The van der Waals surface area contributed by atoms with Crippen molar-refractivity contribution in [2.75, 3.05) is 5.32 Å². The maximum absolute atomic E-state index is 12.0. The van der Waals surface area contributed by atoms with Gasteiger partial charge in [0.1, 0.15) is 0 Å². The van der Waals surface area contributed by atoms with Crippen LogP contribution in [0.25, 0.3) is 17.3 Å². The zero-order valence-corrected chi connectivity index (χ0v) is 15.7. The van der Waals surface area contributed by atoms with Gasteiger partial charge in [-0.05, 0) is 24.3 Å². The molecule has 2 aromatic heterocycles. The van der Waals surface area contributed by atoms with E-state index in [1.54, 1.807) is 6.07 Å². The van der Waals surface area contributed by atoms with Crippen LogP contribution in [-0.4, -0.2) is 15.8 Å². The summed E-state index contributed by atoms with van der Waals surface area (Å²) in [7, 11) is 0. The van der Waals surface area contributed by atoms with Crippen LogP contribution in [0.5, 0.6) is 0 Å². The van der Waals surface area contributed by atoms with Crippen molar-refractivity contribution in [2.24, 2.45) is 0 Å². The lowest BCUT2D eigenvalue weighted by Gasteiger charge is -1.97. The lowest BCUT2D eigenvalue weighted by atomic mass is 10.2. The first-order valence-electron chi connectivity index (χ1n) is 6.96. The molecule has 25 heavy (non-hydrogen) atoms. The molecule has 0 spiro atoms. The number of rotatable bonds is 5. The smallest absolute Gasteiger partial charge is 0.298 e. The third-order valence-electron chi connectivity index (χ3n) is 3.07. The summed E-state index contributed by atoms with van der Waals surface area (Å²) in [5.41, 5.74) is 1.74. The van der Waals surface area contributed by atoms with Crippen molar-refractivity contribution in [2.45, 2.75) is 0 Å². The van der Waals surface area contributed by atoms with E-state index < -0.39 is 4.92 Å². The third-order valence-corrected chi connectivity index (χ3v) is 5.35. The summed E-state index contributed by atoms with van der Waals surface area (Å²) >= 11 is 5.72. The Kier molecular flexibility index (Phi) is 5.37. The second kappa shape index (κ2) is 7.68. The van der Waals surface area contributed by atoms with Crippen molar-refractivity contribution in [3.05, 3.63) is 67.3 Å². The molecule has 1 N–H and O–H groups in total. The predicted molar refractivity (Wildman–Crippen MR) is 104 cm³/mol. The molecule has 0 saturated heterocycles. The SMILES string of the molecule is O=C(/C=C/c1ccc([N+](=O)[O-])s1)Nc1nc(-c2ccc(Br)cc2)cs1. The molecule has 6 nitrogen and oxygen atoms in total. The first-order valence-corrected chi connectivity index (χ1v) is 9.45. The fourth-order valence-corrected chi connectivity index (χ4v) is 3.63. The number of thiophene rings is 1. The molecule has 3 aromatic rings. The standard InChI is InChI=1S/C16H10BrN3O3S2/c17-11-3-1-10(2-4-11)13-9-24-16(18-13)19-14(21)7-5-12-6-8-15(25-12)20(22)23/h1-9H,(H,18,19,21)/b7-5+. The number of nitro groups is 1. The number of hydrogen-bond donors (Lipinski definition) is 1. The van der Waals surface area contributed by atoms with Gasteiger partial charge in [0.15, 0.2) is 5.13 Å². The van der Waals surface area contributed by atoms with Crippen LogP contribution in [0.2, 0.25) is 0 Å². The average Bonchev–Trinajstić information content (AvgIpc) is 3.23. The molecular formula is C16H10BrN3O3S2. The molecule has 0 bridgehead atoms. The summed E-state index contributed by atoms with van der Waals surface area (Å²) in [6.45, 7) is 0. The molecule has 0 aliphatic rings.